The van der Waals surface area contributed by atoms with Gasteiger partial charge in [0.15, 0.2) is 0 Å². The van der Waals surface area contributed by atoms with E-state index in [4.69, 9.17) is 20.9 Å². The van der Waals surface area contributed by atoms with E-state index >= 15 is 0 Å². The normalized spacial score (nSPS) is 10.2. The van der Waals surface area contributed by atoms with E-state index < -0.39 is 0 Å². The Hall–Kier alpha value is -1.46. The van der Waals surface area contributed by atoms with Crippen molar-refractivity contribution >= 4 is 0 Å². The van der Waals surface area contributed by atoms with E-state index in [2.05, 4.69) is 0 Å². The minimum absolute atomic E-state index is 0.123. The standard InChI is InChI=1S/C12H20N2O3/c13-3-1-5-16-11-7-10(15)8-12(9-11)17-6-2-4-14/h7-9,15H,1-6,13-14H2. The van der Waals surface area contributed by atoms with E-state index in [1.165, 1.54) is 0 Å². The van der Waals surface area contributed by atoms with Crippen molar-refractivity contribution in [1.29, 1.82) is 0 Å². The van der Waals surface area contributed by atoms with Crippen LogP contribution >= 0.6 is 0 Å². The highest BCUT2D eigenvalue weighted by Gasteiger charge is 2.02. The number of aromatic hydroxyl groups is 1. The first kappa shape index (κ1) is 13.6. The lowest BCUT2D eigenvalue weighted by Crippen LogP contribution is -2.07. The maximum Gasteiger partial charge on any atom is 0.126 e. The van der Waals surface area contributed by atoms with Crippen molar-refractivity contribution in [2.24, 2.45) is 11.5 Å². The third-order valence-electron chi connectivity index (χ3n) is 2.10. The minimum atomic E-state index is 0.123. The van der Waals surface area contributed by atoms with E-state index in [9.17, 15) is 5.11 Å². The van der Waals surface area contributed by atoms with Crippen LogP contribution in [0, 0.1) is 0 Å². The summed E-state index contributed by atoms with van der Waals surface area (Å²) in [6.07, 6.45) is 1.55. The van der Waals surface area contributed by atoms with E-state index in [1.807, 2.05) is 0 Å². The molecule has 0 saturated carbocycles. The molecule has 0 radical (unpaired) electrons. The second-order valence-corrected chi connectivity index (χ2v) is 3.64. The van der Waals surface area contributed by atoms with Crippen molar-refractivity contribution in [3.8, 4) is 17.2 Å². The number of benzene rings is 1. The molecule has 5 heteroatoms. The van der Waals surface area contributed by atoms with Gasteiger partial charge >= 0.3 is 0 Å². The summed E-state index contributed by atoms with van der Waals surface area (Å²) in [5, 5.41) is 9.50. The van der Waals surface area contributed by atoms with Gasteiger partial charge in [-0.1, -0.05) is 0 Å². The van der Waals surface area contributed by atoms with Crippen LogP contribution in [0.2, 0.25) is 0 Å². The fourth-order valence-corrected chi connectivity index (χ4v) is 1.27. The summed E-state index contributed by atoms with van der Waals surface area (Å²) in [4.78, 5) is 0. The first-order valence-electron chi connectivity index (χ1n) is 5.76. The predicted molar refractivity (Wildman–Crippen MR) is 66.4 cm³/mol. The maximum absolute atomic E-state index is 9.50. The van der Waals surface area contributed by atoms with Crippen LogP contribution in [-0.4, -0.2) is 31.4 Å². The average Bonchev–Trinajstić information content (AvgIpc) is 2.29. The van der Waals surface area contributed by atoms with Gasteiger partial charge in [0.1, 0.15) is 17.2 Å². The number of rotatable bonds is 8. The zero-order valence-corrected chi connectivity index (χ0v) is 9.89. The van der Waals surface area contributed by atoms with Crippen molar-refractivity contribution in [1.82, 2.24) is 0 Å². The smallest absolute Gasteiger partial charge is 0.126 e. The topological polar surface area (TPSA) is 90.7 Å². The maximum atomic E-state index is 9.50. The molecular formula is C12H20N2O3. The fourth-order valence-electron chi connectivity index (χ4n) is 1.27. The Morgan fingerprint density at radius 3 is 1.76 bits per heavy atom. The van der Waals surface area contributed by atoms with Crippen molar-refractivity contribution in [2.45, 2.75) is 12.8 Å². The average molecular weight is 240 g/mol. The van der Waals surface area contributed by atoms with Gasteiger partial charge in [0.25, 0.3) is 0 Å². The summed E-state index contributed by atoms with van der Waals surface area (Å²) in [6, 6.07) is 4.84. The molecule has 96 valence electrons. The molecule has 0 aliphatic carbocycles. The summed E-state index contributed by atoms with van der Waals surface area (Å²) in [7, 11) is 0. The van der Waals surface area contributed by atoms with Crippen LogP contribution in [0.15, 0.2) is 18.2 Å². The van der Waals surface area contributed by atoms with Gasteiger partial charge in [-0.25, -0.2) is 0 Å². The van der Waals surface area contributed by atoms with Crippen LogP contribution in [-0.2, 0) is 0 Å². The Kier molecular flexibility index (Phi) is 6.21. The molecule has 5 N–H and O–H groups in total. The van der Waals surface area contributed by atoms with Gasteiger partial charge in [0.05, 0.1) is 13.2 Å². The molecule has 0 saturated heterocycles. The Labute approximate surface area is 101 Å². The number of ether oxygens (including phenoxy) is 2. The Morgan fingerprint density at radius 2 is 1.35 bits per heavy atom. The highest BCUT2D eigenvalue weighted by Crippen LogP contribution is 2.27. The molecule has 1 aromatic carbocycles. The summed E-state index contributed by atoms with van der Waals surface area (Å²) in [5.41, 5.74) is 10.7. The predicted octanol–water partition coefficient (Wildman–Crippen LogP) is 0.847. The van der Waals surface area contributed by atoms with E-state index in [0.29, 0.717) is 37.8 Å². The molecular weight excluding hydrogens is 220 g/mol. The van der Waals surface area contributed by atoms with Crippen LogP contribution in [0.1, 0.15) is 12.8 Å². The molecule has 0 atom stereocenters. The molecule has 17 heavy (non-hydrogen) atoms. The largest absolute Gasteiger partial charge is 0.508 e. The van der Waals surface area contributed by atoms with Crippen LogP contribution in [0.5, 0.6) is 17.2 Å². The number of hydrogen-bond acceptors (Lipinski definition) is 5. The molecule has 5 nitrogen and oxygen atoms in total. The van der Waals surface area contributed by atoms with Gasteiger partial charge in [-0.05, 0) is 25.9 Å². The van der Waals surface area contributed by atoms with Crippen LogP contribution in [0.4, 0.5) is 0 Å². The first-order valence-corrected chi connectivity index (χ1v) is 5.76. The minimum Gasteiger partial charge on any atom is -0.508 e. The fraction of sp³-hybridized carbons (Fsp3) is 0.500. The lowest BCUT2D eigenvalue weighted by atomic mass is 10.3. The van der Waals surface area contributed by atoms with Gasteiger partial charge in [-0.3, -0.25) is 0 Å². The highest BCUT2D eigenvalue weighted by molar-refractivity contribution is 5.41. The second-order valence-electron chi connectivity index (χ2n) is 3.64. The SMILES string of the molecule is NCCCOc1cc(O)cc(OCCCN)c1. The van der Waals surface area contributed by atoms with E-state index in [-0.39, 0.29) is 5.75 Å². The molecule has 0 spiro atoms. The first-order chi connectivity index (χ1) is 8.26. The molecule has 0 bridgehead atoms. The highest BCUT2D eigenvalue weighted by atomic mass is 16.5. The third kappa shape index (κ3) is 5.42. The van der Waals surface area contributed by atoms with Gasteiger partial charge in [0, 0.05) is 18.2 Å². The lowest BCUT2D eigenvalue weighted by Gasteiger charge is -2.10. The molecule has 1 rings (SSSR count). The van der Waals surface area contributed by atoms with Crippen LogP contribution in [0.3, 0.4) is 0 Å². The molecule has 0 aromatic heterocycles. The van der Waals surface area contributed by atoms with Crippen molar-refractivity contribution in [3.05, 3.63) is 18.2 Å². The van der Waals surface area contributed by atoms with Crippen molar-refractivity contribution in [3.63, 3.8) is 0 Å². The molecule has 0 amide bonds. The monoisotopic (exact) mass is 240 g/mol. The third-order valence-corrected chi connectivity index (χ3v) is 2.10. The summed E-state index contributed by atoms with van der Waals surface area (Å²) in [6.45, 7) is 2.22. The molecule has 0 fully saturated rings. The zero-order chi connectivity index (χ0) is 12.5. The summed E-state index contributed by atoms with van der Waals surface area (Å²) < 4.78 is 10.9. The summed E-state index contributed by atoms with van der Waals surface area (Å²) in [5.74, 6) is 1.29. The number of phenols is 1. The van der Waals surface area contributed by atoms with Crippen LogP contribution in [0.25, 0.3) is 0 Å². The Bertz CT molecular complexity index is 303. The van der Waals surface area contributed by atoms with Crippen molar-refractivity contribution in [2.75, 3.05) is 26.3 Å². The Balaban J connectivity index is 2.53. The Morgan fingerprint density at radius 1 is 0.882 bits per heavy atom. The number of nitrogens with two attached hydrogens (primary N) is 2. The van der Waals surface area contributed by atoms with E-state index in [1.54, 1.807) is 18.2 Å². The van der Waals surface area contributed by atoms with Crippen LogP contribution < -0.4 is 20.9 Å². The lowest BCUT2D eigenvalue weighted by molar-refractivity contribution is 0.295. The zero-order valence-electron chi connectivity index (χ0n) is 9.89. The molecule has 0 heterocycles. The van der Waals surface area contributed by atoms with Gasteiger partial charge in [0.2, 0.25) is 0 Å². The quantitative estimate of drug-likeness (QED) is 0.586. The van der Waals surface area contributed by atoms with Gasteiger partial charge in [-0.2, -0.15) is 0 Å². The number of hydrogen-bond donors (Lipinski definition) is 3. The van der Waals surface area contributed by atoms with E-state index in [0.717, 1.165) is 12.8 Å². The molecule has 1 aromatic rings. The molecule has 0 aliphatic heterocycles. The molecule has 0 aliphatic rings. The van der Waals surface area contributed by atoms with Crippen molar-refractivity contribution < 1.29 is 14.6 Å². The molecule has 0 unspecified atom stereocenters. The number of phenolic OH excluding ortho intramolecular Hbond substituents is 1. The van der Waals surface area contributed by atoms with Gasteiger partial charge in [-0.15, -0.1) is 0 Å². The summed E-state index contributed by atoms with van der Waals surface area (Å²) >= 11 is 0. The second kappa shape index (κ2) is 7.76. The van der Waals surface area contributed by atoms with Gasteiger partial charge < -0.3 is 26.0 Å².